The fourth-order valence-corrected chi connectivity index (χ4v) is 2.96. The molecule has 1 atom stereocenters. The molecule has 1 aromatic rings. The highest BCUT2D eigenvalue weighted by molar-refractivity contribution is 6.22. The Morgan fingerprint density at radius 2 is 1.79 bits per heavy atom. The first-order valence-corrected chi connectivity index (χ1v) is 7.53. The van der Waals surface area contributed by atoms with Crippen LogP contribution in [0.15, 0.2) is 24.3 Å². The number of carbonyl (C=O) groups excluding carboxylic acids is 3. The van der Waals surface area contributed by atoms with Crippen LogP contribution in [-0.4, -0.2) is 70.9 Å². The van der Waals surface area contributed by atoms with Gasteiger partial charge in [0, 0.05) is 6.54 Å². The lowest BCUT2D eigenvalue weighted by molar-refractivity contribution is -0.146. The van der Waals surface area contributed by atoms with Crippen LogP contribution in [-0.2, 0) is 14.3 Å². The zero-order valence-corrected chi connectivity index (χ0v) is 12.8. The Bertz CT molecular complexity index is 681. The number of nitrogens with zero attached hydrogens (tertiary/aromatic N) is 2. The molecule has 0 aliphatic carbocycles. The predicted molar refractivity (Wildman–Crippen MR) is 80.4 cm³/mol. The first-order valence-electron chi connectivity index (χ1n) is 7.53. The lowest BCUT2D eigenvalue weighted by Crippen LogP contribution is -2.53. The number of benzene rings is 1. The van der Waals surface area contributed by atoms with Crippen LogP contribution in [0.5, 0.6) is 0 Å². The van der Waals surface area contributed by atoms with Crippen LogP contribution in [0.25, 0.3) is 0 Å². The van der Waals surface area contributed by atoms with E-state index in [1.807, 2.05) is 0 Å². The molecule has 0 spiro atoms. The molecule has 3 amide bonds. The summed E-state index contributed by atoms with van der Waals surface area (Å²) >= 11 is 0. The van der Waals surface area contributed by atoms with Gasteiger partial charge in [0.15, 0.2) is 0 Å². The van der Waals surface area contributed by atoms with Gasteiger partial charge in [0.1, 0.15) is 6.54 Å². The molecule has 126 valence electrons. The van der Waals surface area contributed by atoms with Crippen molar-refractivity contribution < 1.29 is 29.0 Å². The summed E-state index contributed by atoms with van der Waals surface area (Å²) in [6, 6.07) is 5.80. The summed E-state index contributed by atoms with van der Waals surface area (Å²) in [7, 11) is 0. The van der Waals surface area contributed by atoms with Gasteiger partial charge in [0.25, 0.3) is 11.8 Å². The number of amides is 3. The molecule has 0 aromatic heterocycles. The largest absolute Gasteiger partial charge is 0.481 e. The van der Waals surface area contributed by atoms with Crippen molar-refractivity contribution in [2.45, 2.75) is 12.5 Å². The Balaban J connectivity index is 1.74. The first-order chi connectivity index (χ1) is 11.5. The van der Waals surface area contributed by atoms with Crippen molar-refractivity contribution in [3.05, 3.63) is 35.4 Å². The highest BCUT2D eigenvalue weighted by Crippen LogP contribution is 2.23. The Kier molecular flexibility index (Phi) is 4.30. The van der Waals surface area contributed by atoms with Crippen molar-refractivity contribution in [1.29, 1.82) is 0 Å². The molecule has 24 heavy (non-hydrogen) atoms. The lowest BCUT2D eigenvalue weighted by Gasteiger charge is -2.35. The van der Waals surface area contributed by atoms with Crippen molar-refractivity contribution >= 4 is 23.7 Å². The summed E-state index contributed by atoms with van der Waals surface area (Å²) in [6.45, 7) is 0.256. The Morgan fingerprint density at radius 1 is 1.17 bits per heavy atom. The van der Waals surface area contributed by atoms with E-state index in [4.69, 9.17) is 9.84 Å². The molecule has 0 bridgehead atoms. The number of hydrogen-bond donors (Lipinski definition) is 1. The number of rotatable bonds is 4. The highest BCUT2D eigenvalue weighted by Gasteiger charge is 2.38. The molecule has 0 saturated carbocycles. The number of hydrogen-bond acceptors (Lipinski definition) is 5. The number of morpholine rings is 1. The standard InChI is InChI=1S/C16H16N2O6/c19-13(17-5-6-24-9-10(17)7-14(20)21)8-18-15(22)11-3-1-2-4-12(11)16(18)23/h1-4,10H,5-9H2,(H,20,21). The molecular formula is C16H16N2O6. The van der Waals surface area contributed by atoms with Crippen molar-refractivity contribution in [2.75, 3.05) is 26.3 Å². The number of aliphatic carboxylic acids is 1. The highest BCUT2D eigenvalue weighted by atomic mass is 16.5. The third-order valence-corrected chi connectivity index (χ3v) is 4.13. The van der Waals surface area contributed by atoms with Crippen molar-refractivity contribution in [2.24, 2.45) is 0 Å². The summed E-state index contributed by atoms with van der Waals surface area (Å²) in [6.07, 6.45) is -0.242. The zero-order chi connectivity index (χ0) is 17.3. The molecule has 1 fully saturated rings. The van der Waals surface area contributed by atoms with Crippen LogP contribution in [0.3, 0.4) is 0 Å². The second-order valence-corrected chi connectivity index (χ2v) is 5.66. The Labute approximate surface area is 137 Å². The number of ether oxygens (including phenoxy) is 1. The summed E-state index contributed by atoms with van der Waals surface area (Å²) in [5, 5.41) is 8.94. The normalized spacial score (nSPS) is 20.2. The number of carbonyl (C=O) groups is 4. The summed E-state index contributed by atoms with van der Waals surface area (Å²) in [5.41, 5.74) is 0.554. The Morgan fingerprint density at radius 3 is 2.38 bits per heavy atom. The average Bonchev–Trinajstić information content (AvgIpc) is 2.80. The van der Waals surface area contributed by atoms with Gasteiger partial charge in [-0.25, -0.2) is 0 Å². The number of fused-ring (bicyclic) bond motifs is 1. The minimum Gasteiger partial charge on any atom is -0.481 e. The molecule has 0 radical (unpaired) electrons. The van der Waals surface area contributed by atoms with Crippen LogP contribution in [0, 0.1) is 0 Å². The molecule has 2 aliphatic heterocycles. The number of carboxylic acids is 1. The SMILES string of the molecule is O=C(O)CC1COCCN1C(=O)CN1C(=O)c2ccccc2C1=O. The molecule has 1 unspecified atom stereocenters. The summed E-state index contributed by atoms with van der Waals surface area (Å²) in [5.74, 6) is -2.51. The smallest absolute Gasteiger partial charge is 0.305 e. The lowest BCUT2D eigenvalue weighted by atomic mass is 10.1. The molecule has 8 nitrogen and oxygen atoms in total. The molecule has 8 heteroatoms. The van der Waals surface area contributed by atoms with E-state index in [-0.39, 0.29) is 30.7 Å². The fraction of sp³-hybridized carbons (Fsp3) is 0.375. The zero-order valence-electron chi connectivity index (χ0n) is 12.8. The van der Waals surface area contributed by atoms with Crippen molar-refractivity contribution in [3.63, 3.8) is 0 Å². The first kappa shape index (κ1) is 16.1. The van der Waals surface area contributed by atoms with E-state index in [2.05, 4.69) is 0 Å². The van der Waals surface area contributed by atoms with E-state index in [1.165, 1.54) is 4.90 Å². The molecule has 3 rings (SSSR count). The van der Waals surface area contributed by atoms with Crippen LogP contribution < -0.4 is 0 Å². The molecule has 2 heterocycles. The van der Waals surface area contributed by atoms with Crippen molar-refractivity contribution in [3.8, 4) is 0 Å². The number of imide groups is 1. The van der Waals surface area contributed by atoms with Crippen LogP contribution in [0.2, 0.25) is 0 Å². The van der Waals surface area contributed by atoms with Crippen LogP contribution >= 0.6 is 0 Å². The van der Waals surface area contributed by atoms with E-state index in [1.54, 1.807) is 24.3 Å². The molecular weight excluding hydrogens is 316 g/mol. The second kappa shape index (κ2) is 6.40. The Hall–Kier alpha value is -2.74. The molecule has 1 aromatic carbocycles. The average molecular weight is 332 g/mol. The second-order valence-electron chi connectivity index (χ2n) is 5.66. The van der Waals surface area contributed by atoms with Crippen LogP contribution in [0.4, 0.5) is 0 Å². The third-order valence-electron chi connectivity index (χ3n) is 4.13. The van der Waals surface area contributed by atoms with E-state index in [0.29, 0.717) is 6.61 Å². The van der Waals surface area contributed by atoms with Gasteiger partial charge in [-0.3, -0.25) is 24.1 Å². The molecule has 1 saturated heterocycles. The minimum absolute atomic E-state index is 0.125. The number of carboxylic acid groups (broad SMARTS) is 1. The third kappa shape index (κ3) is 2.88. The molecule has 1 N–H and O–H groups in total. The van der Waals surface area contributed by atoms with E-state index in [0.717, 1.165) is 4.90 Å². The van der Waals surface area contributed by atoms with Crippen molar-refractivity contribution in [1.82, 2.24) is 9.80 Å². The topological polar surface area (TPSA) is 104 Å². The van der Waals surface area contributed by atoms with E-state index < -0.39 is 36.3 Å². The molecule has 2 aliphatic rings. The predicted octanol–water partition coefficient (Wildman–Crippen LogP) is -0.0153. The fourth-order valence-electron chi connectivity index (χ4n) is 2.96. The van der Waals surface area contributed by atoms with Gasteiger partial charge in [-0.05, 0) is 12.1 Å². The van der Waals surface area contributed by atoms with Gasteiger partial charge >= 0.3 is 5.97 Å². The van der Waals surface area contributed by atoms with Gasteiger partial charge in [-0.2, -0.15) is 0 Å². The minimum atomic E-state index is -1.04. The quantitative estimate of drug-likeness (QED) is 0.778. The van der Waals surface area contributed by atoms with Gasteiger partial charge in [0.05, 0.1) is 36.8 Å². The summed E-state index contributed by atoms with van der Waals surface area (Å²) in [4.78, 5) is 50.3. The summed E-state index contributed by atoms with van der Waals surface area (Å²) < 4.78 is 5.22. The van der Waals surface area contributed by atoms with E-state index in [9.17, 15) is 19.2 Å². The monoisotopic (exact) mass is 332 g/mol. The maximum atomic E-state index is 12.5. The van der Waals surface area contributed by atoms with Gasteiger partial charge in [0.2, 0.25) is 5.91 Å². The van der Waals surface area contributed by atoms with Gasteiger partial charge in [-0.15, -0.1) is 0 Å². The van der Waals surface area contributed by atoms with Gasteiger partial charge < -0.3 is 14.7 Å². The van der Waals surface area contributed by atoms with Crippen LogP contribution in [0.1, 0.15) is 27.1 Å². The maximum Gasteiger partial charge on any atom is 0.305 e. The van der Waals surface area contributed by atoms with Gasteiger partial charge in [-0.1, -0.05) is 12.1 Å². The maximum absolute atomic E-state index is 12.5. The van der Waals surface area contributed by atoms with E-state index >= 15 is 0 Å².